The highest BCUT2D eigenvalue weighted by Crippen LogP contribution is 2.22. The van der Waals surface area contributed by atoms with E-state index in [1.54, 1.807) is 55.1 Å². The summed E-state index contributed by atoms with van der Waals surface area (Å²) in [5.74, 6) is -0.161. The molecule has 0 saturated carbocycles. The van der Waals surface area contributed by atoms with Gasteiger partial charge in [-0.05, 0) is 37.3 Å². The molecule has 0 saturated heterocycles. The third kappa shape index (κ3) is 3.95. The van der Waals surface area contributed by atoms with Crippen molar-refractivity contribution >= 4 is 28.7 Å². The second kappa shape index (κ2) is 8.51. The number of hydrogen-bond acceptors (Lipinski definition) is 6. The van der Waals surface area contributed by atoms with Crippen molar-refractivity contribution in [1.82, 2.24) is 14.5 Å². The van der Waals surface area contributed by atoms with Crippen LogP contribution in [-0.2, 0) is 16.6 Å². The Bertz CT molecular complexity index is 985. The van der Waals surface area contributed by atoms with Crippen molar-refractivity contribution in [3.05, 3.63) is 48.2 Å². The average Bonchev–Trinajstić information content (AvgIpc) is 3.04. The third-order valence-electron chi connectivity index (χ3n) is 4.29. The third-order valence-corrected chi connectivity index (χ3v) is 4.29. The Morgan fingerprint density at radius 3 is 2.71 bits per heavy atom. The molecular weight excluding hydrogens is 360 g/mol. The highest BCUT2D eigenvalue weighted by atomic mass is 16.5. The Kier molecular flexibility index (Phi) is 5.88. The number of carbonyl (C=O) groups is 2. The molecular formula is C20H22N4O4. The summed E-state index contributed by atoms with van der Waals surface area (Å²) in [6, 6.07) is 11.0. The molecule has 2 aromatic heterocycles. The van der Waals surface area contributed by atoms with Crippen molar-refractivity contribution in [1.29, 1.82) is 0 Å². The first kappa shape index (κ1) is 19.3. The summed E-state index contributed by atoms with van der Waals surface area (Å²) in [5, 5.41) is 0. The van der Waals surface area contributed by atoms with Gasteiger partial charge >= 0.3 is 5.97 Å². The largest absolute Gasteiger partial charge is 0.468 e. The van der Waals surface area contributed by atoms with Crippen LogP contribution >= 0.6 is 0 Å². The minimum atomic E-state index is -0.360. The van der Waals surface area contributed by atoms with E-state index in [-0.39, 0.29) is 24.8 Å². The number of imidazole rings is 1. The van der Waals surface area contributed by atoms with Gasteiger partial charge in [-0.3, -0.25) is 19.1 Å². The summed E-state index contributed by atoms with van der Waals surface area (Å²) in [5.41, 5.74) is 1.95. The minimum Gasteiger partial charge on any atom is -0.468 e. The number of methoxy groups -OCH3 is 1. The number of carbonyl (C=O) groups excluding carboxylic acids is 2. The van der Waals surface area contributed by atoms with Gasteiger partial charge in [-0.15, -0.1) is 0 Å². The van der Waals surface area contributed by atoms with Crippen LogP contribution in [0.5, 0.6) is 6.01 Å². The van der Waals surface area contributed by atoms with Crippen LogP contribution in [-0.4, -0.2) is 46.7 Å². The Labute approximate surface area is 162 Å². The molecule has 3 rings (SSSR count). The Morgan fingerprint density at radius 1 is 1.21 bits per heavy atom. The molecule has 0 unspecified atom stereocenters. The van der Waals surface area contributed by atoms with E-state index < -0.39 is 0 Å². The number of anilines is 1. The van der Waals surface area contributed by atoms with Crippen molar-refractivity contribution in [2.45, 2.75) is 13.3 Å². The summed E-state index contributed by atoms with van der Waals surface area (Å²) in [6.07, 6.45) is 1.68. The smallest absolute Gasteiger partial charge is 0.307 e. The second-order valence-corrected chi connectivity index (χ2v) is 6.06. The second-order valence-electron chi connectivity index (χ2n) is 6.06. The first-order valence-corrected chi connectivity index (χ1v) is 8.94. The number of pyridine rings is 1. The summed E-state index contributed by atoms with van der Waals surface area (Å²) in [6.45, 7) is 2.21. The zero-order chi connectivity index (χ0) is 20.1. The SMILES string of the molecule is CCOC(=O)CCN(C(=O)c1ccc2c(c1)nc(OC)n2C)c1ccccn1. The summed E-state index contributed by atoms with van der Waals surface area (Å²) in [4.78, 5) is 35.1. The molecule has 146 valence electrons. The van der Waals surface area contributed by atoms with Crippen LogP contribution in [0, 0.1) is 0 Å². The summed E-state index contributed by atoms with van der Waals surface area (Å²) in [7, 11) is 3.39. The Morgan fingerprint density at radius 2 is 2.04 bits per heavy atom. The van der Waals surface area contributed by atoms with E-state index in [0.29, 0.717) is 29.5 Å². The molecule has 1 aromatic carbocycles. The van der Waals surface area contributed by atoms with Gasteiger partial charge in [0.25, 0.3) is 11.9 Å². The van der Waals surface area contributed by atoms with Gasteiger partial charge in [0.05, 0.1) is 31.2 Å². The van der Waals surface area contributed by atoms with Gasteiger partial charge < -0.3 is 9.47 Å². The Balaban J connectivity index is 1.91. The fourth-order valence-electron chi connectivity index (χ4n) is 2.92. The topological polar surface area (TPSA) is 86.5 Å². The molecule has 8 nitrogen and oxygen atoms in total. The predicted octanol–water partition coefficient (Wildman–Crippen LogP) is 2.58. The first-order chi connectivity index (χ1) is 13.5. The molecule has 0 aliphatic heterocycles. The number of aryl methyl sites for hydroxylation is 1. The molecule has 0 spiro atoms. The molecule has 8 heteroatoms. The van der Waals surface area contributed by atoms with E-state index in [0.717, 1.165) is 5.52 Å². The van der Waals surface area contributed by atoms with Crippen molar-refractivity contribution in [3.63, 3.8) is 0 Å². The fourth-order valence-corrected chi connectivity index (χ4v) is 2.92. The van der Waals surface area contributed by atoms with Gasteiger partial charge in [0, 0.05) is 25.4 Å². The lowest BCUT2D eigenvalue weighted by Gasteiger charge is -2.21. The van der Waals surface area contributed by atoms with Crippen molar-refractivity contribution in [2.24, 2.45) is 7.05 Å². The molecule has 0 aliphatic carbocycles. The van der Waals surface area contributed by atoms with E-state index in [1.165, 1.54) is 4.90 Å². The van der Waals surface area contributed by atoms with Crippen molar-refractivity contribution in [2.75, 3.05) is 25.2 Å². The summed E-state index contributed by atoms with van der Waals surface area (Å²) >= 11 is 0. The number of aromatic nitrogens is 3. The van der Waals surface area contributed by atoms with Gasteiger partial charge in [-0.2, -0.15) is 4.98 Å². The van der Waals surface area contributed by atoms with Crippen LogP contribution in [0.2, 0.25) is 0 Å². The molecule has 0 N–H and O–H groups in total. The van der Waals surface area contributed by atoms with E-state index in [9.17, 15) is 9.59 Å². The maximum atomic E-state index is 13.2. The maximum Gasteiger partial charge on any atom is 0.307 e. The number of ether oxygens (including phenoxy) is 2. The summed E-state index contributed by atoms with van der Waals surface area (Å²) < 4.78 is 12.0. The van der Waals surface area contributed by atoms with Gasteiger partial charge in [0.2, 0.25) is 0 Å². The Hall–Kier alpha value is -3.42. The van der Waals surface area contributed by atoms with E-state index in [1.807, 2.05) is 13.1 Å². The van der Waals surface area contributed by atoms with Crippen LogP contribution in [0.1, 0.15) is 23.7 Å². The molecule has 28 heavy (non-hydrogen) atoms. The van der Waals surface area contributed by atoms with Gasteiger partial charge in [0.15, 0.2) is 0 Å². The number of rotatable bonds is 7. The number of amides is 1. The minimum absolute atomic E-state index is 0.0792. The van der Waals surface area contributed by atoms with Crippen LogP contribution in [0.25, 0.3) is 11.0 Å². The zero-order valence-corrected chi connectivity index (χ0v) is 16.1. The van der Waals surface area contributed by atoms with Crippen LogP contribution in [0.3, 0.4) is 0 Å². The number of hydrogen-bond donors (Lipinski definition) is 0. The molecule has 0 atom stereocenters. The maximum absolute atomic E-state index is 13.2. The van der Waals surface area contributed by atoms with Gasteiger partial charge in [0.1, 0.15) is 5.82 Å². The number of fused-ring (bicyclic) bond motifs is 1. The van der Waals surface area contributed by atoms with E-state index in [2.05, 4.69) is 9.97 Å². The van der Waals surface area contributed by atoms with E-state index >= 15 is 0 Å². The molecule has 0 fully saturated rings. The highest BCUT2D eigenvalue weighted by molar-refractivity contribution is 6.07. The monoisotopic (exact) mass is 382 g/mol. The molecule has 0 aliphatic rings. The fraction of sp³-hybridized carbons (Fsp3) is 0.300. The molecule has 3 aromatic rings. The number of nitrogens with zero attached hydrogens (tertiary/aromatic N) is 4. The number of esters is 1. The quantitative estimate of drug-likeness (QED) is 0.584. The predicted molar refractivity (Wildman–Crippen MR) is 104 cm³/mol. The molecule has 0 bridgehead atoms. The van der Waals surface area contributed by atoms with Crippen molar-refractivity contribution in [3.8, 4) is 6.01 Å². The normalized spacial score (nSPS) is 10.7. The van der Waals surface area contributed by atoms with Gasteiger partial charge in [-0.25, -0.2) is 4.98 Å². The van der Waals surface area contributed by atoms with Gasteiger partial charge in [-0.1, -0.05) is 6.07 Å². The molecule has 2 heterocycles. The average molecular weight is 382 g/mol. The molecule has 0 radical (unpaired) electrons. The van der Waals surface area contributed by atoms with Crippen LogP contribution < -0.4 is 9.64 Å². The van der Waals surface area contributed by atoms with E-state index in [4.69, 9.17) is 9.47 Å². The standard InChI is InChI=1S/C20H22N4O4/c1-4-28-18(25)10-12-24(17-7-5-6-11-21-17)19(26)14-8-9-16-15(13-14)22-20(27-3)23(16)2/h5-9,11,13H,4,10,12H2,1-3H3. The lowest BCUT2D eigenvalue weighted by Crippen LogP contribution is -2.34. The molecule has 1 amide bonds. The van der Waals surface area contributed by atoms with Crippen LogP contribution in [0.15, 0.2) is 42.6 Å². The first-order valence-electron chi connectivity index (χ1n) is 8.94. The van der Waals surface area contributed by atoms with Crippen molar-refractivity contribution < 1.29 is 19.1 Å². The lowest BCUT2D eigenvalue weighted by molar-refractivity contribution is -0.142. The zero-order valence-electron chi connectivity index (χ0n) is 16.1. The lowest BCUT2D eigenvalue weighted by atomic mass is 10.1. The number of benzene rings is 1. The van der Waals surface area contributed by atoms with Crippen LogP contribution in [0.4, 0.5) is 5.82 Å². The highest BCUT2D eigenvalue weighted by Gasteiger charge is 2.21.